The fraction of sp³-hybridized carbons (Fsp3) is 0.294. The molecule has 0 amide bonds. The van der Waals surface area contributed by atoms with E-state index < -0.39 is 0 Å². The summed E-state index contributed by atoms with van der Waals surface area (Å²) < 4.78 is 0. The first-order valence-electron chi connectivity index (χ1n) is 6.77. The van der Waals surface area contributed by atoms with Crippen LogP contribution < -0.4 is 0 Å². The van der Waals surface area contributed by atoms with Crippen molar-refractivity contribution in [1.29, 1.82) is 0 Å². The van der Waals surface area contributed by atoms with Crippen molar-refractivity contribution in [3.63, 3.8) is 0 Å². The van der Waals surface area contributed by atoms with Crippen LogP contribution in [0.15, 0.2) is 36.4 Å². The Labute approximate surface area is 113 Å². The lowest BCUT2D eigenvalue weighted by atomic mass is 10.0. The van der Waals surface area contributed by atoms with Crippen molar-refractivity contribution in [1.82, 2.24) is 0 Å². The first-order chi connectivity index (χ1) is 9.31. The van der Waals surface area contributed by atoms with Crippen molar-refractivity contribution in [2.75, 3.05) is 13.2 Å². The minimum atomic E-state index is 0.201. The Morgan fingerprint density at radius 1 is 0.737 bits per heavy atom. The highest BCUT2D eigenvalue weighted by Gasteiger charge is 2.18. The molecule has 2 aromatic carbocycles. The van der Waals surface area contributed by atoms with Crippen LogP contribution in [0.4, 0.5) is 0 Å². The van der Waals surface area contributed by atoms with Crippen LogP contribution >= 0.6 is 0 Å². The molecule has 0 spiro atoms. The maximum Gasteiger partial charge on any atom is 0.0471 e. The van der Waals surface area contributed by atoms with Gasteiger partial charge in [0.25, 0.3) is 0 Å². The van der Waals surface area contributed by atoms with Gasteiger partial charge in [-0.1, -0.05) is 36.4 Å². The van der Waals surface area contributed by atoms with Crippen molar-refractivity contribution in [3.05, 3.63) is 58.7 Å². The third kappa shape index (κ3) is 2.29. The molecule has 0 aliphatic heterocycles. The summed E-state index contributed by atoms with van der Waals surface area (Å²) >= 11 is 0. The molecule has 1 aliphatic carbocycles. The van der Waals surface area contributed by atoms with Crippen LogP contribution in [0, 0.1) is 0 Å². The van der Waals surface area contributed by atoms with Crippen LogP contribution in [0.25, 0.3) is 11.1 Å². The zero-order valence-electron chi connectivity index (χ0n) is 10.9. The van der Waals surface area contributed by atoms with E-state index in [0.717, 1.165) is 19.3 Å². The number of aliphatic hydroxyl groups excluding tert-OH is 2. The number of benzene rings is 2. The summed E-state index contributed by atoms with van der Waals surface area (Å²) in [6.07, 6.45) is 2.40. The highest BCUT2D eigenvalue weighted by Crippen LogP contribution is 2.37. The Bertz CT molecular complexity index is 549. The summed E-state index contributed by atoms with van der Waals surface area (Å²) in [6, 6.07) is 12.9. The SMILES string of the molecule is OCCc1ccc2c(c1)Cc1cc(CCO)ccc1-2. The van der Waals surface area contributed by atoms with Crippen LogP contribution in [-0.4, -0.2) is 23.4 Å². The molecular weight excluding hydrogens is 236 g/mol. The Morgan fingerprint density at radius 3 is 1.63 bits per heavy atom. The summed E-state index contributed by atoms with van der Waals surface area (Å²) in [5.74, 6) is 0. The monoisotopic (exact) mass is 254 g/mol. The van der Waals surface area contributed by atoms with Gasteiger partial charge in [0.1, 0.15) is 0 Å². The van der Waals surface area contributed by atoms with Crippen molar-refractivity contribution in [2.24, 2.45) is 0 Å². The lowest BCUT2D eigenvalue weighted by molar-refractivity contribution is 0.299. The maximum absolute atomic E-state index is 9.01. The molecule has 2 aromatic rings. The maximum atomic E-state index is 9.01. The average molecular weight is 254 g/mol. The zero-order valence-corrected chi connectivity index (χ0v) is 10.9. The third-order valence-electron chi connectivity index (χ3n) is 3.81. The molecule has 2 nitrogen and oxygen atoms in total. The van der Waals surface area contributed by atoms with Gasteiger partial charge in [-0.2, -0.15) is 0 Å². The topological polar surface area (TPSA) is 40.5 Å². The highest BCUT2D eigenvalue weighted by molar-refractivity contribution is 5.77. The van der Waals surface area contributed by atoms with E-state index in [4.69, 9.17) is 10.2 Å². The van der Waals surface area contributed by atoms with E-state index in [2.05, 4.69) is 36.4 Å². The number of rotatable bonds is 4. The van der Waals surface area contributed by atoms with Gasteiger partial charge in [0.05, 0.1) is 0 Å². The Balaban J connectivity index is 1.96. The van der Waals surface area contributed by atoms with Crippen LogP contribution in [0.5, 0.6) is 0 Å². The first-order valence-corrected chi connectivity index (χ1v) is 6.77. The van der Waals surface area contributed by atoms with Crippen molar-refractivity contribution in [3.8, 4) is 11.1 Å². The van der Waals surface area contributed by atoms with Crippen LogP contribution in [0.3, 0.4) is 0 Å². The second-order valence-electron chi connectivity index (χ2n) is 5.11. The van der Waals surface area contributed by atoms with Gasteiger partial charge in [-0.3, -0.25) is 0 Å². The Kier molecular flexibility index (Phi) is 3.36. The summed E-state index contributed by atoms with van der Waals surface area (Å²) in [5.41, 5.74) is 7.72. The summed E-state index contributed by atoms with van der Waals surface area (Å²) in [7, 11) is 0. The van der Waals surface area contributed by atoms with Crippen LogP contribution in [0.1, 0.15) is 22.3 Å². The normalized spacial score (nSPS) is 12.3. The van der Waals surface area contributed by atoms with E-state index >= 15 is 0 Å². The molecule has 2 heteroatoms. The van der Waals surface area contributed by atoms with Crippen molar-refractivity contribution in [2.45, 2.75) is 19.3 Å². The number of fused-ring (bicyclic) bond motifs is 3. The standard InChI is InChI=1S/C17H18O2/c18-7-5-12-1-3-16-14(9-12)11-15-10-13(6-8-19)2-4-17(15)16/h1-4,9-10,18-19H,5-8,11H2. The fourth-order valence-electron chi connectivity index (χ4n) is 2.89. The molecule has 0 fully saturated rings. The predicted octanol–water partition coefficient (Wildman–Crippen LogP) is 2.33. The number of aliphatic hydroxyl groups is 2. The van der Waals surface area contributed by atoms with Crippen molar-refractivity contribution >= 4 is 0 Å². The average Bonchev–Trinajstić information content (AvgIpc) is 2.76. The summed E-state index contributed by atoms with van der Waals surface area (Å²) in [4.78, 5) is 0. The Morgan fingerprint density at radius 2 is 1.21 bits per heavy atom. The molecule has 98 valence electrons. The predicted molar refractivity (Wildman–Crippen MR) is 76.3 cm³/mol. The number of hydrogen-bond acceptors (Lipinski definition) is 2. The van der Waals surface area contributed by atoms with E-state index in [-0.39, 0.29) is 13.2 Å². The lowest BCUT2D eigenvalue weighted by Gasteiger charge is -2.04. The second kappa shape index (κ2) is 5.16. The highest BCUT2D eigenvalue weighted by atomic mass is 16.3. The molecule has 1 aliphatic rings. The van der Waals surface area contributed by atoms with Gasteiger partial charge in [-0.25, -0.2) is 0 Å². The van der Waals surface area contributed by atoms with Gasteiger partial charge in [-0.05, 0) is 52.6 Å². The quantitative estimate of drug-likeness (QED) is 0.750. The fourth-order valence-corrected chi connectivity index (χ4v) is 2.89. The molecule has 0 radical (unpaired) electrons. The van der Waals surface area contributed by atoms with Gasteiger partial charge >= 0.3 is 0 Å². The Hall–Kier alpha value is -1.64. The minimum Gasteiger partial charge on any atom is -0.396 e. The second-order valence-corrected chi connectivity index (χ2v) is 5.11. The molecule has 0 bridgehead atoms. The largest absolute Gasteiger partial charge is 0.396 e. The first kappa shape index (κ1) is 12.4. The minimum absolute atomic E-state index is 0.201. The molecule has 0 unspecified atom stereocenters. The molecule has 0 saturated carbocycles. The molecule has 19 heavy (non-hydrogen) atoms. The molecule has 0 aromatic heterocycles. The van der Waals surface area contributed by atoms with E-state index in [9.17, 15) is 0 Å². The third-order valence-corrected chi connectivity index (χ3v) is 3.81. The van der Waals surface area contributed by atoms with Crippen LogP contribution in [0.2, 0.25) is 0 Å². The van der Waals surface area contributed by atoms with Gasteiger partial charge in [0.2, 0.25) is 0 Å². The van der Waals surface area contributed by atoms with E-state index in [1.54, 1.807) is 0 Å². The lowest BCUT2D eigenvalue weighted by Crippen LogP contribution is -1.92. The molecule has 0 saturated heterocycles. The van der Waals surface area contributed by atoms with Gasteiger partial charge in [0.15, 0.2) is 0 Å². The molecule has 2 N–H and O–H groups in total. The summed E-state index contributed by atoms with van der Waals surface area (Å²) in [5, 5.41) is 18.0. The molecular formula is C17H18O2. The van der Waals surface area contributed by atoms with Gasteiger partial charge < -0.3 is 10.2 Å². The zero-order chi connectivity index (χ0) is 13.2. The van der Waals surface area contributed by atoms with Crippen LogP contribution in [-0.2, 0) is 19.3 Å². The van der Waals surface area contributed by atoms with E-state index in [1.807, 2.05) is 0 Å². The van der Waals surface area contributed by atoms with E-state index in [1.165, 1.54) is 33.4 Å². The van der Waals surface area contributed by atoms with Crippen molar-refractivity contribution < 1.29 is 10.2 Å². The smallest absolute Gasteiger partial charge is 0.0471 e. The molecule has 3 rings (SSSR count). The molecule has 0 atom stereocenters. The molecule has 0 heterocycles. The number of hydrogen-bond donors (Lipinski definition) is 2. The van der Waals surface area contributed by atoms with E-state index in [0.29, 0.717) is 0 Å². The van der Waals surface area contributed by atoms with Gasteiger partial charge in [0, 0.05) is 13.2 Å². The van der Waals surface area contributed by atoms with Gasteiger partial charge in [-0.15, -0.1) is 0 Å². The summed E-state index contributed by atoms with van der Waals surface area (Å²) in [6.45, 7) is 0.402.